The summed E-state index contributed by atoms with van der Waals surface area (Å²) in [5.41, 5.74) is 7.11. The van der Waals surface area contributed by atoms with Gasteiger partial charge in [0.15, 0.2) is 0 Å². The van der Waals surface area contributed by atoms with Crippen molar-refractivity contribution in [2.45, 2.75) is 19.3 Å². The van der Waals surface area contributed by atoms with Crippen LogP contribution in [0.2, 0.25) is 0 Å². The molecule has 0 radical (unpaired) electrons. The van der Waals surface area contributed by atoms with Crippen LogP contribution in [0.15, 0.2) is 53.0 Å². The second-order valence-corrected chi connectivity index (χ2v) is 7.08. The van der Waals surface area contributed by atoms with Crippen LogP contribution in [-0.2, 0) is 12.8 Å². The number of benzene rings is 2. The van der Waals surface area contributed by atoms with E-state index in [9.17, 15) is 0 Å². The second kappa shape index (κ2) is 6.80. The Hall–Kier alpha value is -1.38. The fraction of sp³-hybridized carbons (Fsp3) is 0.300. The van der Waals surface area contributed by atoms with E-state index in [1.54, 1.807) is 0 Å². The largest absolute Gasteiger partial charge is 0.309 e. The summed E-state index contributed by atoms with van der Waals surface area (Å²) in [4.78, 5) is 2.24. The van der Waals surface area contributed by atoms with Crippen molar-refractivity contribution in [2.24, 2.45) is 0 Å². The highest BCUT2D eigenvalue weighted by atomic mass is 79.9. The highest BCUT2D eigenvalue weighted by Gasteiger charge is 2.17. The lowest BCUT2D eigenvalue weighted by Crippen LogP contribution is -2.12. The number of fused-ring (bicyclic) bond motifs is 2. The van der Waals surface area contributed by atoms with E-state index >= 15 is 0 Å². The lowest BCUT2D eigenvalue weighted by molar-refractivity contribution is 0.417. The first-order valence-corrected chi connectivity index (χ1v) is 8.66. The summed E-state index contributed by atoms with van der Waals surface area (Å²) in [6, 6.07) is 15.6. The molecular formula is C20H22BrN. The molecule has 0 aromatic heterocycles. The average Bonchev–Trinajstić information content (AvgIpc) is 2.64. The molecule has 0 N–H and O–H groups in total. The zero-order valence-electron chi connectivity index (χ0n) is 13.3. The number of hydrogen-bond acceptors (Lipinski definition) is 1. The smallest absolute Gasteiger partial charge is 0.0178 e. The monoisotopic (exact) mass is 355 g/mol. The first kappa shape index (κ1) is 15.5. The van der Waals surface area contributed by atoms with Crippen molar-refractivity contribution in [2.75, 3.05) is 20.6 Å². The molecule has 2 aromatic rings. The number of halogens is 1. The maximum Gasteiger partial charge on any atom is 0.0178 e. The molecule has 0 heterocycles. The third-order valence-electron chi connectivity index (χ3n) is 4.25. The third-order valence-corrected chi connectivity index (χ3v) is 4.75. The van der Waals surface area contributed by atoms with Crippen LogP contribution in [0.5, 0.6) is 0 Å². The summed E-state index contributed by atoms with van der Waals surface area (Å²) >= 11 is 3.62. The minimum absolute atomic E-state index is 1.08. The first-order chi connectivity index (χ1) is 10.6. The number of rotatable bonds is 3. The van der Waals surface area contributed by atoms with E-state index in [4.69, 9.17) is 0 Å². The number of nitrogens with zero attached hydrogens (tertiary/aromatic N) is 1. The summed E-state index contributed by atoms with van der Waals surface area (Å²) in [7, 11) is 4.26. The Labute approximate surface area is 141 Å². The van der Waals surface area contributed by atoms with E-state index < -0.39 is 0 Å². The molecule has 1 aliphatic rings. The Morgan fingerprint density at radius 1 is 1.00 bits per heavy atom. The Morgan fingerprint density at radius 3 is 2.55 bits per heavy atom. The van der Waals surface area contributed by atoms with Gasteiger partial charge in [-0.25, -0.2) is 0 Å². The van der Waals surface area contributed by atoms with Crippen LogP contribution in [0.1, 0.15) is 28.7 Å². The van der Waals surface area contributed by atoms with Crippen molar-refractivity contribution >= 4 is 21.5 Å². The van der Waals surface area contributed by atoms with Gasteiger partial charge in [-0.05, 0) is 73.3 Å². The van der Waals surface area contributed by atoms with Crippen LogP contribution in [-0.4, -0.2) is 25.5 Å². The fourth-order valence-corrected chi connectivity index (χ4v) is 3.54. The van der Waals surface area contributed by atoms with Gasteiger partial charge < -0.3 is 4.90 Å². The molecule has 0 saturated heterocycles. The Kier molecular flexibility index (Phi) is 4.80. The average molecular weight is 356 g/mol. The summed E-state index contributed by atoms with van der Waals surface area (Å²) in [6.45, 7) is 1.08. The lowest BCUT2D eigenvalue weighted by Gasteiger charge is -2.13. The van der Waals surface area contributed by atoms with E-state index in [0.29, 0.717) is 0 Å². The van der Waals surface area contributed by atoms with Gasteiger partial charge in [-0.1, -0.05) is 52.3 Å². The standard InChI is InChI=1S/C20H22BrN/c1-22(2)13-5-8-20-18-7-4-3-6-15(18)9-10-16-14-17(21)11-12-19(16)20/h3-4,6-8,11-12,14H,5,9-10,13H2,1-2H3/b20-8-. The molecule has 3 rings (SSSR count). The maximum absolute atomic E-state index is 3.62. The van der Waals surface area contributed by atoms with Gasteiger partial charge in [-0.15, -0.1) is 0 Å². The van der Waals surface area contributed by atoms with Gasteiger partial charge in [0.25, 0.3) is 0 Å². The predicted molar refractivity (Wildman–Crippen MR) is 98.2 cm³/mol. The lowest BCUT2D eigenvalue weighted by atomic mass is 9.93. The van der Waals surface area contributed by atoms with Gasteiger partial charge in [-0.2, -0.15) is 0 Å². The maximum atomic E-state index is 3.62. The van der Waals surface area contributed by atoms with Gasteiger partial charge in [-0.3, -0.25) is 0 Å². The summed E-state index contributed by atoms with van der Waals surface area (Å²) < 4.78 is 1.17. The third kappa shape index (κ3) is 3.34. The van der Waals surface area contributed by atoms with Gasteiger partial charge in [0, 0.05) is 11.0 Å². The Balaban J connectivity index is 2.08. The molecule has 22 heavy (non-hydrogen) atoms. The highest BCUT2D eigenvalue weighted by Crippen LogP contribution is 2.34. The summed E-state index contributed by atoms with van der Waals surface area (Å²) in [5.74, 6) is 0. The molecule has 2 aromatic carbocycles. The molecular weight excluding hydrogens is 334 g/mol. The van der Waals surface area contributed by atoms with Crippen molar-refractivity contribution in [1.82, 2.24) is 4.90 Å². The van der Waals surface area contributed by atoms with Crippen molar-refractivity contribution in [3.05, 3.63) is 75.3 Å². The van der Waals surface area contributed by atoms with Crippen molar-refractivity contribution in [3.63, 3.8) is 0 Å². The van der Waals surface area contributed by atoms with Crippen LogP contribution in [0, 0.1) is 0 Å². The van der Waals surface area contributed by atoms with E-state index in [2.05, 4.69) is 83.5 Å². The van der Waals surface area contributed by atoms with Gasteiger partial charge in [0.05, 0.1) is 0 Å². The molecule has 0 unspecified atom stereocenters. The Morgan fingerprint density at radius 2 is 1.73 bits per heavy atom. The van der Waals surface area contributed by atoms with Gasteiger partial charge >= 0.3 is 0 Å². The van der Waals surface area contributed by atoms with E-state index in [0.717, 1.165) is 25.8 Å². The fourth-order valence-electron chi connectivity index (χ4n) is 3.13. The van der Waals surface area contributed by atoms with Crippen molar-refractivity contribution in [3.8, 4) is 0 Å². The molecule has 0 aliphatic heterocycles. The van der Waals surface area contributed by atoms with E-state index in [-0.39, 0.29) is 0 Å². The zero-order valence-corrected chi connectivity index (χ0v) is 14.9. The minimum atomic E-state index is 1.08. The second-order valence-electron chi connectivity index (χ2n) is 6.17. The molecule has 1 aliphatic carbocycles. The van der Waals surface area contributed by atoms with Crippen LogP contribution >= 0.6 is 15.9 Å². The molecule has 0 saturated carbocycles. The molecule has 2 heteroatoms. The van der Waals surface area contributed by atoms with Crippen LogP contribution in [0.4, 0.5) is 0 Å². The minimum Gasteiger partial charge on any atom is -0.309 e. The zero-order chi connectivity index (χ0) is 15.5. The SMILES string of the molecule is CN(C)CC/C=C1/c2ccccc2CCc2cc(Br)ccc21. The number of aryl methyl sites for hydroxylation is 2. The van der Waals surface area contributed by atoms with Crippen LogP contribution in [0.25, 0.3) is 5.57 Å². The van der Waals surface area contributed by atoms with Crippen molar-refractivity contribution in [1.29, 1.82) is 0 Å². The normalized spacial score (nSPS) is 15.5. The summed E-state index contributed by atoms with van der Waals surface area (Å²) in [6.07, 6.45) is 5.71. The first-order valence-electron chi connectivity index (χ1n) is 7.87. The van der Waals surface area contributed by atoms with Crippen molar-refractivity contribution < 1.29 is 0 Å². The van der Waals surface area contributed by atoms with Gasteiger partial charge in [0.1, 0.15) is 0 Å². The summed E-state index contributed by atoms with van der Waals surface area (Å²) in [5, 5.41) is 0. The predicted octanol–water partition coefficient (Wildman–Crippen LogP) is 4.93. The Bertz CT molecular complexity index is 701. The molecule has 1 nitrogen and oxygen atoms in total. The van der Waals surface area contributed by atoms with Crippen LogP contribution < -0.4 is 0 Å². The molecule has 0 amide bonds. The van der Waals surface area contributed by atoms with Crippen LogP contribution in [0.3, 0.4) is 0 Å². The molecule has 0 bridgehead atoms. The quantitative estimate of drug-likeness (QED) is 0.754. The van der Waals surface area contributed by atoms with E-state index in [1.165, 1.54) is 32.3 Å². The number of hydrogen-bond donors (Lipinski definition) is 0. The highest BCUT2D eigenvalue weighted by molar-refractivity contribution is 9.10. The van der Waals surface area contributed by atoms with Gasteiger partial charge in [0.2, 0.25) is 0 Å². The topological polar surface area (TPSA) is 3.24 Å². The molecule has 0 atom stereocenters. The molecule has 114 valence electrons. The molecule has 0 fully saturated rings. The van der Waals surface area contributed by atoms with E-state index in [1.807, 2.05) is 0 Å². The molecule has 0 spiro atoms.